The van der Waals surface area contributed by atoms with Gasteiger partial charge in [0, 0.05) is 6.20 Å². The second-order valence-electron chi connectivity index (χ2n) is 3.00. The van der Waals surface area contributed by atoms with Crippen molar-refractivity contribution in [3.63, 3.8) is 0 Å². The summed E-state index contributed by atoms with van der Waals surface area (Å²) < 4.78 is 5.00. The monoisotopic (exact) mass is 210 g/mol. The lowest BCUT2D eigenvalue weighted by molar-refractivity contribution is -0.137. The lowest BCUT2D eigenvalue weighted by Crippen LogP contribution is -2.28. The number of carbonyl (C=O) groups is 1. The van der Waals surface area contributed by atoms with Gasteiger partial charge in [0.15, 0.2) is 0 Å². The Morgan fingerprint density at radius 1 is 1.73 bits per heavy atom. The van der Waals surface area contributed by atoms with Crippen molar-refractivity contribution in [2.45, 2.75) is 19.4 Å². The predicted octanol–water partition coefficient (Wildman–Crippen LogP) is 1.37. The fourth-order valence-electron chi connectivity index (χ4n) is 1.19. The summed E-state index contributed by atoms with van der Waals surface area (Å²) in [6, 6.07) is 2.83. The summed E-state index contributed by atoms with van der Waals surface area (Å²) in [6.45, 7) is 1.80. The molecule has 5 heteroatoms. The Labute approximate surface area is 88.1 Å². The molecule has 0 spiro atoms. The van der Waals surface area contributed by atoms with Gasteiger partial charge in [-0.1, -0.05) is 6.92 Å². The zero-order valence-corrected chi connectivity index (χ0v) is 8.73. The number of aliphatic carboxylic acids is 1. The van der Waals surface area contributed by atoms with Gasteiger partial charge in [0.2, 0.25) is 5.88 Å². The van der Waals surface area contributed by atoms with Gasteiger partial charge in [0.25, 0.3) is 0 Å². The van der Waals surface area contributed by atoms with E-state index in [9.17, 15) is 4.79 Å². The molecule has 15 heavy (non-hydrogen) atoms. The number of aromatic nitrogens is 1. The van der Waals surface area contributed by atoms with Gasteiger partial charge < -0.3 is 15.2 Å². The highest BCUT2D eigenvalue weighted by molar-refractivity contribution is 5.77. The maximum Gasteiger partial charge on any atom is 0.326 e. The highest BCUT2D eigenvalue weighted by Gasteiger charge is 2.16. The van der Waals surface area contributed by atoms with E-state index in [2.05, 4.69) is 10.3 Å². The van der Waals surface area contributed by atoms with Crippen molar-refractivity contribution in [1.29, 1.82) is 0 Å². The van der Waals surface area contributed by atoms with Crippen molar-refractivity contribution in [3.05, 3.63) is 18.3 Å². The summed E-state index contributed by atoms with van der Waals surface area (Å²) >= 11 is 0. The lowest BCUT2D eigenvalue weighted by atomic mass is 10.2. The third-order valence-electron chi connectivity index (χ3n) is 2.00. The molecule has 1 aromatic rings. The Balaban J connectivity index is 2.82. The number of pyridine rings is 1. The number of ether oxygens (including phenoxy) is 1. The largest absolute Gasteiger partial charge is 0.480 e. The topological polar surface area (TPSA) is 71.5 Å². The summed E-state index contributed by atoms with van der Waals surface area (Å²) in [4.78, 5) is 14.8. The van der Waals surface area contributed by atoms with Crippen LogP contribution >= 0.6 is 0 Å². The summed E-state index contributed by atoms with van der Waals surface area (Å²) in [6.07, 6.45) is 2.08. The third kappa shape index (κ3) is 2.83. The molecular formula is C10H14N2O3. The van der Waals surface area contributed by atoms with Crippen LogP contribution < -0.4 is 10.1 Å². The fraction of sp³-hybridized carbons (Fsp3) is 0.400. The molecule has 82 valence electrons. The first-order valence-corrected chi connectivity index (χ1v) is 4.67. The zero-order valence-electron chi connectivity index (χ0n) is 8.73. The molecule has 0 aromatic carbocycles. The van der Waals surface area contributed by atoms with Crippen LogP contribution in [0.2, 0.25) is 0 Å². The third-order valence-corrected chi connectivity index (χ3v) is 2.00. The number of rotatable bonds is 5. The molecular weight excluding hydrogens is 196 g/mol. The number of methoxy groups -OCH3 is 1. The molecule has 1 rings (SSSR count). The van der Waals surface area contributed by atoms with Crippen LogP contribution in [-0.4, -0.2) is 29.2 Å². The van der Waals surface area contributed by atoms with Crippen LogP contribution in [0.15, 0.2) is 18.3 Å². The first-order chi connectivity index (χ1) is 7.19. The van der Waals surface area contributed by atoms with E-state index in [0.717, 1.165) is 0 Å². The minimum atomic E-state index is -0.886. The molecule has 0 bridgehead atoms. The molecule has 1 heterocycles. The predicted molar refractivity (Wildman–Crippen MR) is 56.1 cm³/mol. The second-order valence-corrected chi connectivity index (χ2v) is 3.00. The molecule has 1 atom stereocenters. The van der Waals surface area contributed by atoms with E-state index >= 15 is 0 Å². The molecule has 0 aliphatic heterocycles. The van der Waals surface area contributed by atoms with Crippen LogP contribution in [0.5, 0.6) is 5.88 Å². The van der Waals surface area contributed by atoms with Crippen molar-refractivity contribution < 1.29 is 14.6 Å². The normalized spacial score (nSPS) is 11.9. The van der Waals surface area contributed by atoms with E-state index in [1.54, 1.807) is 25.3 Å². The van der Waals surface area contributed by atoms with Gasteiger partial charge in [-0.2, -0.15) is 0 Å². The summed E-state index contributed by atoms with van der Waals surface area (Å²) in [5.74, 6) is -0.486. The number of carboxylic acid groups (broad SMARTS) is 1. The minimum absolute atomic E-state index is 0.400. The maximum atomic E-state index is 10.8. The average molecular weight is 210 g/mol. The Morgan fingerprint density at radius 2 is 2.47 bits per heavy atom. The standard InChI is InChI=1S/C10H14N2O3/c1-3-7(10(13)14)12-8-5-4-6-11-9(8)15-2/h4-7,12H,3H2,1-2H3,(H,13,14). The van der Waals surface area contributed by atoms with E-state index in [4.69, 9.17) is 9.84 Å². The van der Waals surface area contributed by atoms with Gasteiger partial charge >= 0.3 is 5.97 Å². The number of nitrogens with zero attached hydrogens (tertiary/aromatic N) is 1. The first kappa shape index (κ1) is 11.3. The van der Waals surface area contributed by atoms with Crippen molar-refractivity contribution in [2.75, 3.05) is 12.4 Å². The van der Waals surface area contributed by atoms with Crippen molar-refractivity contribution in [1.82, 2.24) is 4.98 Å². The fourth-order valence-corrected chi connectivity index (χ4v) is 1.19. The van der Waals surface area contributed by atoms with Gasteiger partial charge in [0.1, 0.15) is 6.04 Å². The van der Waals surface area contributed by atoms with Crippen LogP contribution in [0.4, 0.5) is 5.69 Å². The van der Waals surface area contributed by atoms with Crippen LogP contribution in [0.3, 0.4) is 0 Å². The quantitative estimate of drug-likeness (QED) is 0.767. The van der Waals surface area contributed by atoms with E-state index in [-0.39, 0.29) is 0 Å². The van der Waals surface area contributed by atoms with Crippen LogP contribution in [0, 0.1) is 0 Å². The number of nitrogens with one attached hydrogen (secondary N) is 1. The van der Waals surface area contributed by atoms with Crippen molar-refractivity contribution >= 4 is 11.7 Å². The molecule has 0 amide bonds. The molecule has 0 saturated carbocycles. The Morgan fingerprint density at radius 3 is 3.00 bits per heavy atom. The maximum absolute atomic E-state index is 10.8. The van der Waals surface area contributed by atoms with E-state index in [1.165, 1.54) is 7.11 Å². The van der Waals surface area contributed by atoms with Crippen LogP contribution in [0.1, 0.15) is 13.3 Å². The average Bonchev–Trinajstić information content (AvgIpc) is 2.25. The number of hydrogen-bond donors (Lipinski definition) is 2. The molecule has 2 N–H and O–H groups in total. The van der Waals surface area contributed by atoms with E-state index in [0.29, 0.717) is 18.0 Å². The van der Waals surface area contributed by atoms with Gasteiger partial charge in [-0.05, 0) is 18.6 Å². The van der Waals surface area contributed by atoms with Crippen LogP contribution in [0.25, 0.3) is 0 Å². The van der Waals surface area contributed by atoms with Crippen molar-refractivity contribution in [3.8, 4) is 5.88 Å². The highest BCUT2D eigenvalue weighted by Crippen LogP contribution is 2.21. The molecule has 5 nitrogen and oxygen atoms in total. The smallest absolute Gasteiger partial charge is 0.326 e. The van der Waals surface area contributed by atoms with Crippen LogP contribution in [-0.2, 0) is 4.79 Å². The van der Waals surface area contributed by atoms with Gasteiger partial charge in [-0.15, -0.1) is 0 Å². The molecule has 1 unspecified atom stereocenters. The SMILES string of the molecule is CCC(Nc1cccnc1OC)C(=O)O. The lowest BCUT2D eigenvalue weighted by Gasteiger charge is -2.15. The van der Waals surface area contributed by atoms with Gasteiger partial charge in [-0.3, -0.25) is 0 Å². The molecule has 0 aliphatic rings. The highest BCUT2D eigenvalue weighted by atomic mass is 16.5. The first-order valence-electron chi connectivity index (χ1n) is 4.67. The number of carboxylic acids is 1. The number of hydrogen-bond acceptors (Lipinski definition) is 4. The number of anilines is 1. The summed E-state index contributed by atoms with van der Waals surface area (Å²) in [5, 5.41) is 11.7. The molecule has 0 radical (unpaired) electrons. The van der Waals surface area contributed by atoms with Gasteiger partial charge in [-0.25, -0.2) is 9.78 Å². The van der Waals surface area contributed by atoms with E-state index < -0.39 is 12.0 Å². The van der Waals surface area contributed by atoms with Crippen molar-refractivity contribution in [2.24, 2.45) is 0 Å². The van der Waals surface area contributed by atoms with E-state index in [1.807, 2.05) is 0 Å². The molecule has 0 fully saturated rings. The molecule has 1 aromatic heterocycles. The Bertz CT molecular complexity index is 341. The summed E-state index contributed by atoms with van der Waals surface area (Å²) in [7, 11) is 1.50. The second kappa shape index (κ2) is 5.19. The van der Waals surface area contributed by atoms with Gasteiger partial charge in [0.05, 0.1) is 12.8 Å². The summed E-state index contributed by atoms with van der Waals surface area (Å²) in [5.41, 5.74) is 0.592. The zero-order chi connectivity index (χ0) is 11.3. The Kier molecular flexibility index (Phi) is 3.91. The molecule has 0 aliphatic carbocycles. The minimum Gasteiger partial charge on any atom is -0.480 e. The Hall–Kier alpha value is -1.78. The molecule has 0 saturated heterocycles.